The third-order valence-corrected chi connectivity index (χ3v) is 2.82. The summed E-state index contributed by atoms with van der Waals surface area (Å²) in [5, 5.41) is 10.2. The van der Waals surface area contributed by atoms with Crippen molar-refractivity contribution in [1.82, 2.24) is 15.2 Å². The van der Waals surface area contributed by atoms with E-state index in [-0.39, 0.29) is 11.3 Å². The number of carbonyl (C=O) groups excluding carboxylic acids is 1. The summed E-state index contributed by atoms with van der Waals surface area (Å²) >= 11 is 0. The Bertz CT molecular complexity index is 636. The lowest BCUT2D eigenvalue weighted by Crippen LogP contribution is -2.20. The molecule has 0 saturated carbocycles. The number of pyridine rings is 1. The molecule has 0 aliphatic rings. The highest BCUT2D eigenvalue weighted by molar-refractivity contribution is 6.04. The van der Waals surface area contributed by atoms with E-state index in [0.717, 1.165) is 5.69 Å². The molecule has 110 valence electrons. The van der Waals surface area contributed by atoms with Gasteiger partial charge in [0.2, 0.25) is 0 Å². The van der Waals surface area contributed by atoms with Gasteiger partial charge in [0.1, 0.15) is 5.82 Å². The monoisotopic (exact) mass is 286 g/mol. The van der Waals surface area contributed by atoms with E-state index < -0.39 is 0 Å². The van der Waals surface area contributed by atoms with E-state index in [4.69, 9.17) is 5.84 Å². The summed E-state index contributed by atoms with van der Waals surface area (Å²) in [6.07, 6.45) is 1.54. The van der Waals surface area contributed by atoms with Gasteiger partial charge in [-0.1, -0.05) is 20.8 Å². The second-order valence-corrected chi connectivity index (χ2v) is 5.58. The lowest BCUT2D eigenvalue weighted by Gasteiger charge is -2.19. The first kappa shape index (κ1) is 14.9. The van der Waals surface area contributed by atoms with Crippen LogP contribution in [0.25, 0.3) is 0 Å². The lowest BCUT2D eigenvalue weighted by molar-refractivity contribution is 0.102. The van der Waals surface area contributed by atoms with Gasteiger partial charge >= 0.3 is 0 Å². The molecule has 0 aliphatic heterocycles. The number of nitrogen functional groups attached to an aromatic ring is 1. The van der Waals surface area contributed by atoms with Crippen LogP contribution >= 0.6 is 0 Å². The molecule has 2 heterocycles. The average molecular weight is 286 g/mol. The summed E-state index contributed by atoms with van der Waals surface area (Å²) in [6.45, 7) is 6.04. The molecule has 0 saturated heterocycles. The molecule has 2 rings (SSSR count). The Morgan fingerprint density at radius 3 is 2.57 bits per heavy atom. The van der Waals surface area contributed by atoms with Crippen molar-refractivity contribution >= 4 is 17.5 Å². The van der Waals surface area contributed by atoms with Gasteiger partial charge in [-0.05, 0) is 24.3 Å². The second kappa shape index (κ2) is 5.84. The van der Waals surface area contributed by atoms with Gasteiger partial charge in [0.15, 0.2) is 5.82 Å². The molecule has 0 spiro atoms. The molecule has 0 aliphatic carbocycles. The number of hydrazine groups is 1. The third kappa shape index (κ3) is 3.73. The van der Waals surface area contributed by atoms with Crippen molar-refractivity contribution in [2.75, 3.05) is 10.7 Å². The van der Waals surface area contributed by atoms with Crippen molar-refractivity contribution in [3.05, 3.63) is 41.7 Å². The van der Waals surface area contributed by atoms with Crippen LogP contribution in [-0.4, -0.2) is 21.1 Å². The molecule has 0 radical (unpaired) electrons. The number of anilines is 2. The van der Waals surface area contributed by atoms with Crippen LogP contribution in [0.3, 0.4) is 0 Å². The number of rotatable bonds is 3. The molecular formula is C14H18N6O. The maximum atomic E-state index is 12.3. The van der Waals surface area contributed by atoms with Crippen LogP contribution in [0.2, 0.25) is 0 Å². The van der Waals surface area contributed by atoms with Gasteiger partial charge in [0, 0.05) is 22.9 Å². The number of nitrogens with zero attached hydrogens (tertiary/aromatic N) is 3. The van der Waals surface area contributed by atoms with Crippen LogP contribution in [0.5, 0.6) is 0 Å². The minimum Gasteiger partial charge on any atom is -0.308 e. The molecule has 0 bridgehead atoms. The van der Waals surface area contributed by atoms with Crippen molar-refractivity contribution in [3.8, 4) is 0 Å². The minimum absolute atomic E-state index is 0.200. The zero-order chi connectivity index (χ0) is 15.5. The molecule has 7 heteroatoms. The zero-order valence-corrected chi connectivity index (χ0v) is 12.2. The van der Waals surface area contributed by atoms with Crippen molar-refractivity contribution in [3.63, 3.8) is 0 Å². The minimum atomic E-state index is -0.292. The van der Waals surface area contributed by atoms with Gasteiger partial charge < -0.3 is 10.7 Å². The van der Waals surface area contributed by atoms with Gasteiger partial charge in [-0.15, -0.1) is 5.10 Å². The van der Waals surface area contributed by atoms with E-state index in [1.54, 1.807) is 24.3 Å². The Hall–Kier alpha value is -2.54. The number of hydrogen-bond donors (Lipinski definition) is 3. The fourth-order valence-corrected chi connectivity index (χ4v) is 1.68. The maximum absolute atomic E-state index is 12.3. The van der Waals surface area contributed by atoms with Crippen molar-refractivity contribution < 1.29 is 4.79 Å². The van der Waals surface area contributed by atoms with Gasteiger partial charge in [-0.2, -0.15) is 5.10 Å². The fraction of sp³-hybridized carbons (Fsp3) is 0.286. The lowest BCUT2D eigenvalue weighted by atomic mass is 9.90. The summed E-state index contributed by atoms with van der Waals surface area (Å²) in [5.41, 5.74) is 3.50. The molecule has 21 heavy (non-hydrogen) atoms. The van der Waals surface area contributed by atoms with Gasteiger partial charge in [0.25, 0.3) is 5.91 Å². The average Bonchev–Trinajstić information content (AvgIpc) is 2.46. The summed E-state index contributed by atoms with van der Waals surface area (Å²) in [7, 11) is 0. The third-order valence-electron chi connectivity index (χ3n) is 2.82. The number of aromatic nitrogens is 3. The molecule has 2 aromatic rings. The van der Waals surface area contributed by atoms with Gasteiger partial charge in [0.05, 0.1) is 0 Å². The SMILES string of the molecule is CC(C)(C)c1cc(C(=O)Nc2cccnn2)cc(NN)n1. The predicted molar refractivity (Wildman–Crippen MR) is 80.7 cm³/mol. The Labute approximate surface area is 123 Å². The normalized spacial score (nSPS) is 11.0. The quantitative estimate of drug-likeness (QED) is 0.586. The molecule has 0 fully saturated rings. The van der Waals surface area contributed by atoms with Gasteiger partial charge in [-0.25, -0.2) is 10.8 Å². The van der Waals surface area contributed by atoms with Crippen LogP contribution in [0, 0.1) is 0 Å². The number of hydrogen-bond acceptors (Lipinski definition) is 6. The summed E-state index contributed by atoms with van der Waals surface area (Å²) in [5.74, 6) is 5.95. The number of nitrogens with two attached hydrogens (primary N) is 1. The van der Waals surface area contributed by atoms with Crippen LogP contribution in [0.4, 0.5) is 11.6 Å². The molecule has 2 aromatic heterocycles. The molecule has 0 unspecified atom stereocenters. The van der Waals surface area contributed by atoms with Gasteiger partial charge in [-0.3, -0.25) is 4.79 Å². The van der Waals surface area contributed by atoms with Crippen LogP contribution in [0.15, 0.2) is 30.5 Å². The number of amides is 1. The van der Waals surface area contributed by atoms with E-state index in [1.807, 2.05) is 20.8 Å². The predicted octanol–water partition coefficient (Wildman–Crippen LogP) is 1.71. The smallest absolute Gasteiger partial charge is 0.257 e. The first-order chi connectivity index (χ1) is 9.90. The zero-order valence-electron chi connectivity index (χ0n) is 12.2. The Kier molecular flexibility index (Phi) is 4.13. The first-order valence-electron chi connectivity index (χ1n) is 6.48. The highest BCUT2D eigenvalue weighted by Crippen LogP contribution is 2.23. The summed E-state index contributed by atoms with van der Waals surface area (Å²) < 4.78 is 0. The standard InChI is InChI=1S/C14H18N6O/c1-14(2,3)10-7-9(8-12(17-10)19-15)13(21)18-11-5-4-6-16-20-11/h4-8H,15H2,1-3H3,(H,17,19)(H,18,20,21). The highest BCUT2D eigenvalue weighted by Gasteiger charge is 2.19. The van der Waals surface area contributed by atoms with Crippen LogP contribution < -0.4 is 16.6 Å². The van der Waals surface area contributed by atoms with Crippen molar-refractivity contribution in [2.45, 2.75) is 26.2 Å². The number of nitrogens with one attached hydrogen (secondary N) is 2. The van der Waals surface area contributed by atoms with E-state index >= 15 is 0 Å². The van der Waals surface area contributed by atoms with Crippen molar-refractivity contribution in [1.29, 1.82) is 0 Å². The number of carbonyl (C=O) groups is 1. The Balaban J connectivity index is 2.32. The molecule has 0 aromatic carbocycles. The van der Waals surface area contributed by atoms with E-state index in [0.29, 0.717) is 17.2 Å². The maximum Gasteiger partial charge on any atom is 0.257 e. The fourth-order valence-electron chi connectivity index (χ4n) is 1.68. The topological polar surface area (TPSA) is 106 Å². The molecule has 0 atom stereocenters. The summed E-state index contributed by atoms with van der Waals surface area (Å²) in [6, 6.07) is 6.69. The molecular weight excluding hydrogens is 268 g/mol. The van der Waals surface area contributed by atoms with Crippen LogP contribution in [0.1, 0.15) is 36.8 Å². The highest BCUT2D eigenvalue weighted by atomic mass is 16.1. The molecule has 7 nitrogen and oxygen atoms in total. The summed E-state index contributed by atoms with van der Waals surface area (Å²) in [4.78, 5) is 16.7. The molecule has 1 amide bonds. The van der Waals surface area contributed by atoms with E-state index in [9.17, 15) is 4.79 Å². The largest absolute Gasteiger partial charge is 0.308 e. The Morgan fingerprint density at radius 1 is 1.24 bits per heavy atom. The van der Waals surface area contributed by atoms with Crippen molar-refractivity contribution in [2.24, 2.45) is 5.84 Å². The second-order valence-electron chi connectivity index (χ2n) is 5.58. The Morgan fingerprint density at radius 2 is 2.00 bits per heavy atom. The molecule has 4 N–H and O–H groups in total. The van der Waals surface area contributed by atoms with Crippen LogP contribution in [-0.2, 0) is 5.41 Å². The first-order valence-corrected chi connectivity index (χ1v) is 6.48. The van der Waals surface area contributed by atoms with E-state index in [2.05, 4.69) is 25.9 Å². The van der Waals surface area contributed by atoms with E-state index in [1.165, 1.54) is 6.20 Å².